The molecule has 4 rings (SSSR count). The Bertz CT molecular complexity index is 1280. The predicted octanol–water partition coefficient (Wildman–Crippen LogP) is 5.86. The van der Waals surface area contributed by atoms with Crippen molar-refractivity contribution in [1.82, 2.24) is 9.78 Å². The van der Waals surface area contributed by atoms with E-state index in [0.717, 1.165) is 33.8 Å². The minimum absolute atomic E-state index is 0.659. The Morgan fingerprint density at radius 3 is 1.67 bits per heavy atom. The average Bonchev–Trinajstić information content (AvgIpc) is 3.20. The lowest BCUT2D eigenvalue weighted by atomic mass is 10.0. The molecule has 0 aliphatic rings. The van der Waals surface area contributed by atoms with E-state index in [1.54, 1.807) is 28.4 Å². The summed E-state index contributed by atoms with van der Waals surface area (Å²) in [7, 11) is 6.54. The molecule has 6 heteroatoms. The summed E-state index contributed by atoms with van der Waals surface area (Å²) in [5.41, 5.74) is 6.96. The Balaban J connectivity index is 1.96. The van der Waals surface area contributed by atoms with Crippen LogP contribution < -0.4 is 18.9 Å². The topological polar surface area (TPSA) is 54.7 Å². The summed E-state index contributed by atoms with van der Waals surface area (Å²) in [5, 5.41) is 5.03. The van der Waals surface area contributed by atoms with Gasteiger partial charge in [0.25, 0.3) is 0 Å². The van der Waals surface area contributed by atoms with Crippen LogP contribution in [0.1, 0.15) is 11.1 Å². The van der Waals surface area contributed by atoms with E-state index in [2.05, 4.69) is 38.1 Å². The zero-order valence-corrected chi connectivity index (χ0v) is 19.8. The van der Waals surface area contributed by atoms with Crippen LogP contribution in [0.4, 0.5) is 0 Å². The first kappa shape index (κ1) is 22.3. The fraction of sp³-hybridized carbons (Fsp3) is 0.222. The molecule has 3 aromatic carbocycles. The van der Waals surface area contributed by atoms with Crippen LogP contribution in [0.2, 0.25) is 0 Å². The summed E-state index contributed by atoms with van der Waals surface area (Å²) in [6.45, 7) is 4.15. The minimum Gasteiger partial charge on any atom is -0.493 e. The highest BCUT2D eigenvalue weighted by atomic mass is 16.5. The second-order valence-electron chi connectivity index (χ2n) is 7.71. The van der Waals surface area contributed by atoms with Gasteiger partial charge in [0.05, 0.1) is 45.5 Å². The molecule has 0 saturated carbocycles. The van der Waals surface area contributed by atoms with E-state index >= 15 is 0 Å². The molecule has 0 aliphatic heterocycles. The Hall–Kier alpha value is -3.93. The molecule has 1 aromatic heterocycles. The number of methoxy groups -OCH3 is 4. The van der Waals surface area contributed by atoms with Crippen molar-refractivity contribution in [2.24, 2.45) is 0 Å². The average molecular weight is 445 g/mol. The molecule has 0 radical (unpaired) electrons. The predicted molar refractivity (Wildman–Crippen MR) is 130 cm³/mol. The van der Waals surface area contributed by atoms with E-state index in [1.165, 1.54) is 5.56 Å². The van der Waals surface area contributed by atoms with E-state index in [4.69, 9.17) is 24.0 Å². The van der Waals surface area contributed by atoms with Crippen LogP contribution in [-0.2, 0) is 0 Å². The fourth-order valence-corrected chi connectivity index (χ4v) is 3.95. The van der Waals surface area contributed by atoms with Crippen LogP contribution in [0.3, 0.4) is 0 Å². The normalized spacial score (nSPS) is 10.7. The van der Waals surface area contributed by atoms with Gasteiger partial charge in [-0.05, 0) is 62.4 Å². The zero-order chi connectivity index (χ0) is 23.5. The van der Waals surface area contributed by atoms with Crippen molar-refractivity contribution >= 4 is 0 Å². The summed E-state index contributed by atoms with van der Waals surface area (Å²) in [5.74, 6) is 2.68. The molecule has 170 valence electrons. The number of rotatable bonds is 7. The van der Waals surface area contributed by atoms with Gasteiger partial charge in [-0.25, -0.2) is 4.68 Å². The number of benzene rings is 3. The van der Waals surface area contributed by atoms with E-state index in [-0.39, 0.29) is 0 Å². The maximum absolute atomic E-state index is 5.56. The van der Waals surface area contributed by atoms with Crippen LogP contribution in [0.25, 0.3) is 28.2 Å². The summed E-state index contributed by atoms with van der Waals surface area (Å²) in [6, 6.07) is 20.1. The second kappa shape index (κ2) is 9.28. The Morgan fingerprint density at radius 1 is 0.606 bits per heavy atom. The van der Waals surface area contributed by atoms with Crippen molar-refractivity contribution in [2.75, 3.05) is 28.4 Å². The third-order valence-electron chi connectivity index (χ3n) is 5.71. The van der Waals surface area contributed by atoms with Gasteiger partial charge in [0.15, 0.2) is 23.0 Å². The van der Waals surface area contributed by atoms with Gasteiger partial charge in [-0.15, -0.1) is 0 Å². The van der Waals surface area contributed by atoms with Crippen LogP contribution >= 0.6 is 0 Å². The van der Waals surface area contributed by atoms with Crippen molar-refractivity contribution in [3.8, 4) is 51.2 Å². The third kappa shape index (κ3) is 4.12. The van der Waals surface area contributed by atoms with Crippen molar-refractivity contribution in [2.45, 2.75) is 13.8 Å². The first-order chi connectivity index (χ1) is 16.0. The molecule has 0 amide bonds. The number of aryl methyl sites for hydroxylation is 1. The minimum atomic E-state index is 0.659. The van der Waals surface area contributed by atoms with Crippen LogP contribution in [0.15, 0.2) is 60.7 Å². The van der Waals surface area contributed by atoms with Crippen molar-refractivity contribution in [1.29, 1.82) is 0 Å². The highest BCUT2D eigenvalue weighted by molar-refractivity contribution is 5.78. The molecule has 0 aliphatic carbocycles. The van der Waals surface area contributed by atoms with E-state index < -0.39 is 0 Å². The van der Waals surface area contributed by atoms with Gasteiger partial charge < -0.3 is 18.9 Å². The van der Waals surface area contributed by atoms with Gasteiger partial charge in [-0.3, -0.25) is 0 Å². The maximum atomic E-state index is 5.56. The van der Waals surface area contributed by atoms with Gasteiger partial charge in [0.2, 0.25) is 0 Å². The summed E-state index contributed by atoms with van der Waals surface area (Å²) >= 11 is 0. The summed E-state index contributed by atoms with van der Waals surface area (Å²) < 4.78 is 23.9. The molecule has 0 saturated heterocycles. The Labute approximate surface area is 194 Å². The van der Waals surface area contributed by atoms with E-state index in [1.807, 2.05) is 41.1 Å². The lowest BCUT2D eigenvalue weighted by Gasteiger charge is -2.12. The van der Waals surface area contributed by atoms with Crippen LogP contribution in [0, 0.1) is 13.8 Å². The molecule has 0 atom stereocenters. The van der Waals surface area contributed by atoms with Gasteiger partial charge in [-0.2, -0.15) is 5.10 Å². The van der Waals surface area contributed by atoms with Crippen molar-refractivity contribution in [3.05, 3.63) is 71.8 Å². The molecule has 0 fully saturated rings. The van der Waals surface area contributed by atoms with Crippen molar-refractivity contribution < 1.29 is 18.9 Å². The highest BCUT2D eigenvalue weighted by Gasteiger charge is 2.21. The molecule has 4 aromatic rings. The molecule has 0 N–H and O–H groups in total. The van der Waals surface area contributed by atoms with Gasteiger partial charge in [0, 0.05) is 16.7 Å². The molecule has 0 spiro atoms. The molecule has 33 heavy (non-hydrogen) atoms. The Kier molecular flexibility index (Phi) is 6.27. The second-order valence-corrected chi connectivity index (χ2v) is 7.71. The Morgan fingerprint density at radius 2 is 1.12 bits per heavy atom. The largest absolute Gasteiger partial charge is 0.493 e. The van der Waals surface area contributed by atoms with Gasteiger partial charge >= 0.3 is 0 Å². The maximum Gasteiger partial charge on any atom is 0.161 e. The van der Waals surface area contributed by atoms with Gasteiger partial charge in [-0.1, -0.05) is 17.7 Å². The number of ether oxygens (including phenoxy) is 4. The molecule has 1 heterocycles. The lowest BCUT2D eigenvalue weighted by molar-refractivity contribution is 0.355. The molecule has 0 unspecified atom stereocenters. The number of nitrogens with zero attached hydrogens (tertiary/aromatic N) is 2. The van der Waals surface area contributed by atoms with E-state index in [9.17, 15) is 0 Å². The first-order valence-corrected chi connectivity index (χ1v) is 10.6. The van der Waals surface area contributed by atoms with Crippen LogP contribution in [-0.4, -0.2) is 38.2 Å². The van der Waals surface area contributed by atoms with Gasteiger partial charge in [0.1, 0.15) is 0 Å². The van der Waals surface area contributed by atoms with Crippen LogP contribution in [0.5, 0.6) is 23.0 Å². The quantitative estimate of drug-likeness (QED) is 0.357. The number of hydrogen-bond donors (Lipinski definition) is 0. The summed E-state index contributed by atoms with van der Waals surface area (Å²) in [4.78, 5) is 0. The molecular weight excluding hydrogens is 416 g/mol. The monoisotopic (exact) mass is 444 g/mol. The third-order valence-corrected chi connectivity index (χ3v) is 5.71. The number of hydrogen-bond acceptors (Lipinski definition) is 5. The standard InChI is InChI=1S/C27H28N2O4/c1-17-7-11-21(12-8-17)29-27(20-10-14-23(31-4)25(16-20)33-6)18(2)26(28-29)19-9-13-22(30-3)24(15-19)32-5/h7-16H,1-6H3. The van der Waals surface area contributed by atoms with E-state index in [0.29, 0.717) is 23.0 Å². The fourth-order valence-electron chi connectivity index (χ4n) is 3.95. The molecular formula is C27H28N2O4. The molecule has 0 bridgehead atoms. The molecule has 6 nitrogen and oxygen atoms in total. The zero-order valence-electron chi connectivity index (χ0n) is 19.8. The number of aromatic nitrogens is 2. The lowest BCUT2D eigenvalue weighted by Crippen LogP contribution is -2.00. The SMILES string of the molecule is COc1ccc(-c2nn(-c3ccc(C)cc3)c(-c3ccc(OC)c(OC)c3)c2C)cc1OC. The summed E-state index contributed by atoms with van der Waals surface area (Å²) in [6.07, 6.45) is 0. The highest BCUT2D eigenvalue weighted by Crippen LogP contribution is 2.39. The first-order valence-electron chi connectivity index (χ1n) is 10.6. The smallest absolute Gasteiger partial charge is 0.161 e. The van der Waals surface area contributed by atoms with Crippen molar-refractivity contribution in [3.63, 3.8) is 0 Å².